The smallest absolute Gasteiger partial charge is 0.211 e. The number of rotatable bonds is 5. The van der Waals surface area contributed by atoms with Crippen molar-refractivity contribution in [2.24, 2.45) is 0 Å². The zero-order valence-electron chi connectivity index (χ0n) is 8.23. The van der Waals surface area contributed by atoms with Crippen LogP contribution in [0.1, 0.15) is 12.0 Å². The SMILES string of the molecule is CNS(=O)(=O)CCCc1ccccc1. The van der Waals surface area contributed by atoms with Crippen LogP contribution in [0.4, 0.5) is 0 Å². The summed E-state index contributed by atoms with van der Waals surface area (Å²) in [6.07, 6.45) is 1.47. The molecule has 0 spiro atoms. The number of benzene rings is 1. The molecule has 0 unspecified atom stereocenters. The van der Waals surface area contributed by atoms with Gasteiger partial charge in [0.25, 0.3) is 0 Å². The quantitative estimate of drug-likeness (QED) is 0.798. The van der Waals surface area contributed by atoms with Crippen LogP contribution in [0.5, 0.6) is 0 Å². The van der Waals surface area contributed by atoms with Gasteiger partial charge >= 0.3 is 0 Å². The van der Waals surface area contributed by atoms with Gasteiger partial charge in [-0.2, -0.15) is 0 Å². The summed E-state index contributed by atoms with van der Waals surface area (Å²) < 4.78 is 24.5. The van der Waals surface area contributed by atoms with E-state index in [-0.39, 0.29) is 5.75 Å². The van der Waals surface area contributed by atoms with Gasteiger partial charge in [0, 0.05) is 0 Å². The molecular weight excluding hydrogens is 198 g/mol. The maximum absolute atomic E-state index is 11.1. The molecule has 1 aromatic carbocycles. The van der Waals surface area contributed by atoms with Crippen LogP contribution < -0.4 is 4.72 Å². The second-order valence-corrected chi connectivity index (χ2v) is 5.16. The summed E-state index contributed by atoms with van der Waals surface area (Å²) in [5, 5.41) is 0. The van der Waals surface area contributed by atoms with Gasteiger partial charge in [0.15, 0.2) is 0 Å². The molecule has 3 nitrogen and oxygen atoms in total. The third kappa shape index (κ3) is 3.89. The lowest BCUT2D eigenvalue weighted by molar-refractivity contribution is 0.585. The average molecular weight is 213 g/mol. The Morgan fingerprint density at radius 3 is 2.43 bits per heavy atom. The van der Waals surface area contributed by atoms with Crippen molar-refractivity contribution in [1.29, 1.82) is 0 Å². The van der Waals surface area contributed by atoms with E-state index in [1.807, 2.05) is 30.3 Å². The Morgan fingerprint density at radius 1 is 1.21 bits per heavy atom. The number of sulfonamides is 1. The van der Waals surface area contributed by atoms with Crippen LogP contribution in [-0.2, 0) is 16.4 Å². The van der Waals surface area contributed by atoms with Crippen molar-refractivity contribution in [2.75, 3.05) is 12.8 Å². The minimum atomic E-state index is -3.04. The highest BCUT2D eigenvalue weighted by atomic mass is 32.2. The van der Waals surface area contributed by atoms with Crippen molar-refractivity contribution in [3.8, 4) is 0 Å². The van der Waals surface area contributed by atoms with Gasteiger partial charge in [-0.05, 0) is 25.5 Å². The fourth-order valence-corrected chi connectivity index (χ4v) is 1.94. The van der Waals surface area contributed by atoms with Crippen LogP contribution in [0.25, 0.3) is 0 Å². The molecule has 0 heterocycles. The third-order valence-corrected chi connectivity index (χ3v) is 3.48. The van der Waals surface area contributed by atoms with Crippen LogP contribution in [0, 0.1) is 0 Å². The summed E-state index contributed by atoms with van der Waals surface area (Å²) in [5.41, 5.74) is 1.18. The molecule has 0 atom stereocenters. The Labute approximate surface area is 85.2 Å². The van der Waals surface area contributed by atoms with Gasteiger partial charge in [0.1, 0.15) is 0 Å². The topological polar surface area (TPSA) is 46.2 Å². The molecule has 78 valence electrons. The van der Waals surface area contributed by atoms with Gasteiger partial charge in [-0.3, -0.25) is 0 Å². The predicted octanol–water partition coefficient (Wildman–Crippen LogP) is 1.17. The lowest BCUT2D eigenvalue weighted by Crippen LogP contribution is -2.22. The number of aryl methyl sites for hydroxylation is 1. The van der Waals surface area contributed by atoms with Crippen molar-refractivity contribution in [2.45, 2.75) is 12.8 Å². The molecule has 0 aliphatic heterocycles. The lowest BCUT2D eigenvalue weighted by atomic mass is 10.1. The molecule has 0 aliphatic carbocycles. The van der Waals surface area contributed by atoms with Gasteiger partial charge in [-0.15, -0.1) is 0 Å². The first-order valence-corrected chi connectivity index (χ1v) is 6.24. The van der Waals surface area contributed by atoms with Crippen molar-refractivity contribution < 1.29 is 8.42 Å². The lowest BCUT2D eigenvalue weighted by Gasteiger charge is -2.02. The fourth-order valence-electron chi connectivity index (χ4n) is 1.21. The molecule has 0 fully saturated rings. The molecule has 0 amide bonds. The highest BCUT2D eigenvalue weighted by molar-refractivity contribution is 7.89. The van der Waals surface area contributed by atoms with Gasteiger partial charge in [-0.25, -0.2) is 13.1 Å². The minimum Gasteiger partial charge on any atom is -0.218 e. The van der Waals surface area contributed by atoms with E-state index in [1.165, 1.54) is 12.6 Å². The summed E-state index contributed by atoms with van der Waals surface area (Å²) in [6, 6.07) is 9.88. The summed E-state index contributed by atoms with van der Waals surface area (Å²) in [7, 11) is -1.60. The van der Waals surface area contributed by atoms with E-state index >= 15 is 0 Å². The van der Waals surface area contributed by atoms with Crippen LogP contribution in [0.3, 0.4) is 0 Å². The predicted molar refractivity (Wildman–Crippen MR) is 57.6 cm³/mol. The molecule has 0 saturated heterocycles. The van der Waals surface area contributed by atoms with E-state index in [0.29, 0.717) is 6.42 Å². The van der Waals surface area contributed by atoms with E-state index in [4.69, 9.17) is 0 Å². The summed E-state index contributed by atoms with van der Waals surface area (Å²) in [6.45, 7) is 0. The molecule has 0 radical (unpaired) electrons. The first-order chi connectivity index (χ1) is 6.64. The molecule has 14 heavy (non-hydrogen) atoms. The molecule has 0 aliphatic rings. The highest BCUT2D eigenvalue weighted by Crippen LogP contribution is 2.03. The minimum absolute atomic E-state index is 0.193. The Morgan fingerprint density at radius 2 is 1.86 bits per heavy atom. The molecule has 0 aromatic heterocycles. The Balaban J connectivity index is 2.37. The fraction of sp³-hybridized carbons (Fsp3) is 0.400. The zero-order chi connectivity index (χ0) is 10.4. The second-order valence-electron chi connectivity index (χ2n) is 3.11. The molecule has 1 aromatic rings. The maximum atomic E-state index is 11.1. The highest BCUT2D eigenvalue weighted by Gasteiger charge is 2.05. The van der Waals surface area contributed by atoms with Gasteiger partial charge in [0.2, 0.25) is 10.0 Å². The van der Waals surface area contributed by atoms with E-state index < -0.39 is 10.0 Å². The first-order valence-electron chi connectivity index (χ1n) is 4.59. The van der Waals surface area contributed by atoms with Crippen molar-refractivity contribution >= 4 is 10.0 Å². The Hall–Kier alpha value is -0.870. The maximum Gasteiger partial charge on any atom is 0.211 e. The Kier molecular flexibility index (Phi) is 4.10. The summed E-state index contributed by atoms with van der Waals surface area (Å²) in [5.74, 6) is 0.193. The van der Waals surface area contributed by atoms with Crippen molar-refractivity contribution in [3.05, 3.63) is 35.9 Å². The zero-order valence-corrected chi connectivity index (χ0v) is 9.05. The van der Waals surface area contributed by atoms with E-state index in [0.717, 1.165) is 6.42 Å². The van der Waals surface area contributed by atoms with Crippen LogP contribution in [-0.4, -0.2) is 21.2 Å². The van der Waals surface area contributed by atoms with Crippen LogP contribution in [0.15, 0.2) is 30.3 Å². The van der Waals surface area contributed by atoms with E-state index in [9.17, 15) is 8.42 Å². The standard InChI is InChI=1S/C10H15NO2S/c1-11-14(12,13)9-5-8-10-6-3-2-4-7-10/h2-4,6-7,11H,5,8-9H2,1H3. The van der Waals surface area contributed by atoms with E-state index in [1.54, 1.807) is 0 Å². The first kappa shape index (κ1) is 11.2. The monoisotopic (exact) mass is 213 g/mol. The number of hydrogen-bond acceptors (Lipinski definition) is 2. The third-order valence-electron chi connectivity index (χ3n) is 2.03. The van der Waals surface area contributed by atoms with Crippen LogP contribution in [0.2, 0.25) is 0 Å². The molecule has 1 N–H and O–H groups in total. The second kappa shape index (κ2) is 5.12. The van der Waals surface area contributed by atoms with Gasteiger partial charge < -0.3 is 0 Å². The molecule has 0 saturated carbocycles. The average Bonchev–Trinajstić information content (AvgIpc) is 2.19. The molecular formula is C10H15NO2S. The Bertz CT molecular complexity index is 359. The van der Waals surface area contributed by atoms with Crippen molar-refractivity contribution in [3.63, 3.8) is 0 Å². The van der Waals surface area contributed by atoms with Gasteiger partial charge in [-0.1, -0.05) is 30.3 Å². The molecule has 0 bridgehead atoms. The summed E-state index contributed by atoms with van der Waals surface area (Å²) in [4.78, 5) is 0. The largest absolute Gasteiger partial charge is 0.218 e. The van der Waals surface area contributed by atoms with E-state index in [2.05, 4.69) is 4.72 Å². The summed E-state index contributed by atoms with van der Waals surface area (Å²) >= 11 is 0. The van der Waals surface area contributed by atoms with Crippen molar-refractivity contribution in [1.82, 2.24) is 4.72 Å². The number of nitrogens with one attached hydrogen (secondary N) is 1. The number of hydrogen-bond donors (Lipinski definition) is 1. The van der Waals surface area contributed by atoms with Gasteiger partial charge in [0.05, 0.1) is 5.75 Å². The molecule has 4 heteroatoms. The molecule has 1 rings (SSSR count). The normalized spacial score (nSPS) is 11.5. The van der Waals surface area contributed by atoms with Crippen LogP contribution >= 0.6 is 0 Å².